The van der Waals surface area contributed by atoms with E-state index in [1.165, 1.54) is 0 Å². The molecule has 0 radical (unpaired) electrons. The van der Waals surface area contributed by atoms with Gasteiger partial charge >= 0.3 is 0 Å². The molecule has 1 heterocycles. The molecule has 0 atom stereocenters. The zero-order valence-corrected chi connectivity index (χ0v) is 7.60. The van der Waals surface area contributed by atoms with Crippen LogP contribution in [0.3, 0.4) is 0 Å². The maximum absolute atomic E-state index is 11.3. The highest BCUT2D eigenvalue weighted by atomic mass is 35.5. The van der Waals surface area contributed by atoms with Gasteiger partial charge in [0.15, 0.2) is 5.78 Å². The molecular weight excluding hydrogens is 174 g/mol. The molecule has 1 aromatic rings. The fourth-order valence-electron chi connectivity index (χ4n) is 1.02. The van der Waals surface area contributed by atoms with Crippen molar-refractivity contribution in [2.24, 2.45) is 0 Å². The summed E-state index contributed by atoms with van der Waals surface area (Å²) in [4.78, 5) is 14.2. The first-order chi connectivity index (χ1) is 5.84. The summed E-state index contributed by atoms with van der Waals surface area (Å²) in [6, 6.07) is 3.62. The predicted octanol–water partition coefficient (Wildman–Crippen LogP) is 2.61. The Balaban J connectivity index is 2.30. The third kappa shape index (κ3) is 2.70. The molecule has 0 spiro atoms. The summed E-state index contributed by atoms with van der Waals surface area (Å²) in [6.45, 7) is 0. The number of H-pyrrole nitrogens is 1. The zero-order chi connectivity index (χ0) is 8.81. The van der Waals surface area contributed by atoms with Crippen molar-refractivity contribution < 1.29 is 4.79 Å². The monoisotopic (exact) mass is 185 g/mol. The molecule has 0 aliphatic rings. The second-order valence-electron chi connectivity index (χ2n) is 2.65. The van der Waals surface area contributed by atoms with Crippen LogP contribution in [-0.2, 0) is 0 Å². The number of aromatic amines is 1. The molecule has 1 N–H and O–H groups in total. The molecule has 0 aromatic carbocycles. The lowest BCUT2D eigenvalue weighted by atomic mass is 10.1. The van der Waals surface area contributed by atoms with Crippen LogP contribution < -0.4 is 0 Å². The second kappa shape index (κ2) is 4.99. The van der Waals surface area contributed by atoms with Crippen molar-refractivity contribution in [1.82, 2.24) is 4.98 Å². The third-order valence-corrected chi connectivity index (χ3v) is 1.95. The number of rotatable bonds is 5. The molecule has 0 saturated carbocycles. The zero-order valence-electron chi connectivity index (χ0n) is 6.85. The lowest BCUT2D eigenvalue weighted by Crippen LogP contribution is -1.98. The highest BCUT2D eigenvalue weighted by Crippen LogP contribution is 2.04. The molecule has 0 saturated heterocycles. The van der Waals surface area contributed by atoms with E-state index >= 15 is 0 Å². The molecule has 66 valence electrons. The first-order valence-corrected chi connectivity index (χ1v) is 4.60. The highest BCUT2D eigenvalue weighted by molar-refractivity contribution is 6.17. The number of carbonyl (C=O) groups is 1. The summed E-state index contributed by atoms with van der Waals surface area (Å²) in [5, 5.41) is 0. The van der Waals surface area contributed by atoms with E-state index in [9.17, 15) is 4.79 Å². The first kappa shape index (κ1) is 9.33. The highest BCUT2D eigenvalue weighted by Gasteiger charge is 2.04. The van der Waals surface area contributed by atoms with Gasteiger partial charge in [0.25, 0.3) is 0 Å². The molecule has 0 bridgehead atoms. The number of alkyl halides is 1. The van der Waals surface area contributed by atoms with Crippen LogP contribution in [0.5, 0.6) is 0 Å². The van der Waals surface area contributed by atoms with E-state index in [-0.39, 0.29) is 5.78 Å². The van der Waals surface area contributed by atoms with Crippen LogP contribution in [0.25, 0.3) is 0 Å². The van der Waals surface area contributed by atoms with Crippen molar-refractivity contribution in [1.29, 1.82) is 0 Å². The number of ketones is 1. The number of hydrogen-bond donors (Lipinski definition) is 1. The number of nitrogens with one attached hydrogen (secondary N) is 1. The fraction of sp³-hybridized carbons (Fsp3) is 0.444. The minimum atomic E-state index is 0.171. The number of carbonyl (C=O) groups excluding carboxylic acids is 1. The van der Waals surface area contributed by atoms with Crippen molar-refractivity contribution in [3.8, 4) is 0 Å². The molecule has 1 rings (SSSR count). The van der Waals surface area contributed by atoms with E-state index < -0.39 is 0 Å². The van der Waals surface area contributed by atoms with E-state index in [0.717, 1.165) is 12.8 Å². The van der Waals surface area contributed by atoms with E-state index in [0.29, 0.717) is 18.0 Å². The van der Waals surface area contributed by atoms with Gasteiger partial charge in [0.1, 0.15) is 0 Å². The average Bonchev–Trinajstić information content (AvgIpc) is 2.56. The smallest absolute Gasteiger partial charge is 0.178 e. The Kier molecular flexibility index (Phi) is 3.88. The van der Waals surface area contributed by atoms with Crippen molar-refractivity contribution in [3.63, 3.8) is 0 Å². The van der Waals surface area contributed by atoms with Crippen LogP contribution in [0, 0.1) is 0 Å². The fourth-order valence-corrected chi connectivity index (χ4v) is 1.21. The van der Waals surface area contributed by atoms with E-state index in [4.69, 9.17) is 11.6 Å². The van der Waals surface area contributed by atoms with Gasteiger partial charge in [0.2, 0.25) is 0 Å². The van der Waals surface area contributed by atoms with Gasteiger partial charge in [-0.15, -0.1) is 11.6 Å². The van der Waals surface area contributed by atoms with Gasteiger partial charge in [-0.2, -0.15) is 0 Å². The standard InChI is InChI=1S/C9H12ClNO/c10-6-2-1-5-9(12)8-4-3-7-11-8/h3-4,7,11H,1-2,5-6H2. The van der Waals surface area contributed by atoms with Crippen LogP contribution in [0.4, 0.5) is 0 Å². The van der Waals surface area contributed by atoms with Gasteiger partial charge in [-0.1, -0.05) is 0 Å². The third-order valence-electron chi connectivity index (χ3n) is 1.69. The number of halogens is 1. The predicted molar refractivity (Wildman–Crippen MR) is 49.7 cm³/mol. The van der Waals surface area contributed by atoms with Crippen molar-refractivity contribution >= 4 is 17.4 Å². The van der Waals surface area contributed by atoms with E-state index in [2.05, 4.69) is 4.98 Å². The normalized spacial score (nSPS) is 10.1. The Labute approximate surface area is 76.9 Å². The van der Waals surface area contributed by atoms with Crippen LogP contribution in [0.1, 0.15) is 29.8 Å². The van der Waals surface area contributed by atoms with Crippen molar-refractivity contribution in [2.45, 2.75) is 19.3 Å². The van der Waals surface area contributed by atoms with Crippen LogP contribution in [-0.4, -0.2) is 16.6 Å². The SMILES string of the molecule is O=C(CCCCCl)c1ccc[nH]1. The average molecular weight is 186 g/mol. The van der Waals surface area contributed by atoms with Gasteiger partial charge in [-0.3, -0.25) is 4.79 Å². The second-order valence-corrected chi connectivity index (χ2v) is 3.03. The summed E-state index contributed by atoms with van der Waals surface area (Å²) in [7, 11) is 0. The molecule has 0 aliphatic carbocycles. The van der Waals surface area contributed by atoms with Gasteiger partial charge in [-0.05, 0) is 25.0 Å². The Bertz CT molecular complexity index is 231. The Morgan fingerprint density at radius 3 is 2.92 bits per heavy atom. The van der Waals surface area contributed by atoms with Gasteiger partial charge in [0.05, 0.1) is 5.69 Å². The number of unbranched alkanes of at least 4 members (excludes halogenated alkanes) is 1. The Morgan fingerprint density at radius 1 is 1.50 bits per heavy atom. The van der Waals surface area contributed by atoms with Gasteiger partial charge in [-0.25, -0.2) is 0 Å². The molecule has 0 unspecified atom stereocenters. The summed E-state index contributed by atoms with van der Waals surface area (Å²) >= 11 is 5.49. The van der Waals surface area contributed by atoms with Crippen molar-refractivity contribution in [2.75, 3.05) is 5.88 Å². The maximum atomic E-state index is 11.3. The Hall–Kier alpha value is -0.760. The van der Waals surface area contributed by atoms with E-state index in [1.54, 1.807) is 12.3 Å². The van der Waals surface area contributed by atoms with Crippen LogP contribution in [0.2, 0.25) is 0 Å². The summed E-state index contributed by atoms with van der Waals surface area (Å²) in [5.74, 6) is 0.808. The lowest BCUT2D eigenvalue weighted by Gasteiger charge is -1.95. The summed E-state index contributed by atoms with van der Waals surface area (Å²) in [6.07, 6.45) is 4.14. The molecule has 12 heavy (non-hydrogen) atoms. The molecule has 2 nitrogen and oxygen atoms in total. The summed E-state index contributed by atoms with van der Waals surface area (Å²) in [5.41, 5.74) is 0.699. The molecule has 1 aromatic heterocycles. The molecule has 0 aliphatic heterocycles. The van der Waals surface area contributed by atoms with Crippen LogP contribution in [0.15, 0.2) is 18.3 Å². The van der Waals surface area contributed by atoms with E-state index in [1.807, 2.05) is 6.07 Å². The topological polar surface area (TPSA) is 32.9 Å². The largest absolute Gasteiger partial charge is 0.359 e. The number of Topliss-reactive ketones (excluding diaryl/α,β-unsaturated/α-hetero) is 1. The van der Waals surface area contributed by atoms with Gasteiger partial charge < -0.3 is 4.98 Å². The summed E-state index contributed by atoms with van der Waals surface area (Å²) < 4.78 is 0. The first-order valence-electron chi connectivity index (χ1n) is 4.07. The molecule has 3 heteroatoms. The van der Waals surface area contributed by atoms with Crippen molar-refractivity contribution in [3.05, 3.63) is 24.0 Å². The molecular formula is C9H12ClNO. The van der Waals surface area contributed by atoms with Gasteiger partial charge in [0, 0.05) is 18.5 Å². The lowest BCUT2D eigenvalue weighted by molar-refractivity contribution is 0.0975. The number of hydrogen-bond acceptors (Lipinski definition) is 1. The maximum Gasteiger partial charge on any atom is 0.178 e. The van der Waals surface area contributed by atoms with Crippen LogP contribution >= 0.6 is 11.6 Å². The Morgan fingerprint density at radius 2 is 2.33 bits per heavy atom. The minimum Gasteiger partial charge on any atom is -0.359 e. The molecule has 0 fully saturated rings. The number of aromatic nitrogens is 1. The quantitative estimate of drug-likeness (QED) is 0.427. The molecule has 0 amide bonds. The minimum absolute atomic E-state index is 0.171.